The van der Waals surface area contributed by atoms with E-state index in [0.29, 0.717) is 0 Å². The summed E-state index contributed by atoms with van der Waals surface area (Å²) in [7, 11) is 0. The predicted octanol–water partition coefficient (Wildman–Crippen LogP) is 3.87. The molecule has 0 bridgehead atoms. The Hall–Kier alpha value is -1.02. The molecule has 1 N–H and O–H groups in total. The smallest absolute Gasteiger partial charge is 0.0412 e. The van der Waals surface area contributed by atoms with Crippen molar-refractivity contribution in [2.45, 2.75) is 58.5 Å². The van der Waals surface area contributed by atoms with Gasteiger partial charge in [-0.25, -0.2) is 0 Å². The average Bonchev–Trinajstić information content (AvgIpc) is 3.20. The summed E-state index contributed by atoms with van der Waals surface area (Å²) in [5.41, 5.74) is 4.32. The normalized spacial score (nSPS) is 18.9. The van der Waals surface area contributed by atoms with E-state index in [0.717, 1.165) is 25.0 Å². The van der Waals surface area contributed by atoms with Gasteiger partial charge in [-0.15, -0.1) is 0 Å². The number of nitrogens with one attached hydrogen (secondary N) is 1. The molecule has 1 aromatic rings. The molecule has 2 aliphatic rings. The number of benzene rings is 1. The lowest BCUT2D eigenvalue weighted by molar-refractivity contribution is 0.318. The SMILES string of the molecule is CCN(CC1CCC1)c1ccc(C)cc1CNC1CC1. The molecule has 2 heteroatoms. The van der Waals surface area contributed by atoms with Gasteiger partial charge in [-0.05, 0) is 57.1 Å². The van der Waals surface area contributed by atoms with Crippen LogP contribution in [0.5, 0.6) is 0 Å². The van der Waals surface area contributed by atoms with Gasteiger partial charge >= 0.3 is 0 Å². The van der Waals surface area contributed by atoms with Crippen molar-refractivity contribution < 1.29 is 0 Å². The first kappa shape index (κ1) is 13.9. The van der Waals surface area contributed by atoms with Gasteiger partial charge in [0.15, 0.2) is 0 Å². The summed E-state index contributed by atoms with van der Waals surface area (Å²) in [5.74, 6) is 0.931. The molecule has 0 heterocycles. The summed E-state index contributed by atoms with van der Waals surface area (Å²) < 4.78 is 0. The zero-order valence-corrected chi connectivity index (χ0v) is 13.0. The predicted molar refractivity (Wildman–Crippen MR) is 86.3 cm³/mol. The average molecular weight is 272 g/mol. The Bertz CT molecular complexity index is 447. The van der Waals surface area contributed by atoms with Gasteiger partial charge in [0, 0.05) is 31.4 Å². The summed E-state index contributed by atoms with van der Waals surface area (Å²) in [6.07, 6.45) is 7.02. The molecule has 1 aromatic carbocycles. The van der Waals surface area contributed by atoms with Crippen molar-refractivity contribution >= 4 is 5.69 Å². The zero-order valence-electron chi connectivity index (χ0n) is 13.0. The Morgan fingerprint density at radius 2 is 2.00 bits per heavy atom. The number of hydrogen-bond donors (Lipinski definition) is 1. The summed E-state index contributed by atoms with van der Waals surface area (Å²) in [6, 6.07) is 7.75. The fourth-order valence-corrected chi connectivity index (χ4v) is 3.09. The van der Waals surface area contributed by atoms with E-state index in [9.17, 15) is 0 Å². The molecule has 0 aliphatic heterocycles. The van der Waals surface area contributed by atoms with Crippen molar-refractivity contribution in [1.29, 1.82) is 0 Å². The standard InChI is InChI=1S/C18H28N2/c1-3-20(13-15-5-4-6-15)18-10-7-14(2)11-16(18)12-19-17-8-9-17/h7,10-11,15,17,19H,3-6,8-9,12-13H2,1-2H3. The van der Waals surface area contributed by atoms with Gasteiger partial charge in [-0.3, -0.25) is 0 Å². The molecule has 20 heavy (non-hydrogen) atoms. The van der Waals surface area contributed by atoms with Crippen LogP contribution in [-0.2, 0) is 6.54 Å². The third-order valence-corrected chi connectivity index (χ3v) is 4.82. The first-order valence-electron chi connectivity index (χ1n) is 8.34. The second-order valence-corrected chi connectivity index (χ2v) is 6.62. The highest BCUT2D eigenvalue weighted by atomic mass is 15.1. The number of rotatable bonds is 7. The van der Waals surface area contributed by atoms with Crippen LogP contribution in [0.2, 0.25) is 0 Å². The van der Waals surface area contributed by atoms with Crippen molar-refractivity contribution in [3.8, 4) is 0 Å². The molecule has 2 aliphatic carbocycles. The van der Waals surface area contributed by atoms with Gasteiger partial charge in [-0.1, -0.05) is 24.1 Å². The highest BCUT2D eigenvalue weighted by Gasteiger charge is 2.23. The molecule has 0 unspecified atom stereocenters. The molecule has 3 rings (SSSR count). The van der Waals surface area contributed by atoms with Gasteiger partial charge in [0.25, 0.3) is 0 Å². The summed E-state index contributed by atoms with van der Waals surface area (Å²) in [6.45, 7) is 7.89. The van der Waals surface area contributed by atoms with Crippen molar-refractivity contribution in [3.05, 3.63) is 29.3 Å². The maximum atomic E-state index is 3.67. The maximum absolute atomic E-state index is 3.67. The molecular weight excluding hydrogens is 244 g/mol. The van der Waals surface area contributed by atoms with Gasteiger partial charge in [0.1, 0.15) is 0 Å². The molecule has 0 saturated heterocycles. The molecule has 0 aromatic heterocycles. The monoisotopic (exact) mass is 272 g/mol. The minimum atomic E-state index is 0.782. The molecule has 2 fully saturated rings. The van der Waals surface area contributed by atoms with Gasteiger partial charge < -0.3 is 10.2 Å². The van der Waals surface area contributed by atoms with E-state index in [4.69, 9.17) is 0 Å². The Morgan fingerprint density at radius 3 is 2.60 bits per heavy atom. The van der Waals surface area contributed by atoms with Crippen LogP contribution in [-0.4, -0.2) is 19.1 Å². The number of hydrogen-bond acceptors (Lipinski definition) is 2. The lowest BCUT2D eigenvalue weighted by Crippen LogP contribution is -2.33. The van der Waals surface area contributed by atoms with Crippen LogP contribution in [0.3, 0.4) is 0 Å². The van der Waals surface area contributed by atoms with E-state index in [1.165, 1.54) is 55.5 Å². The highest BCUT2D eigenvalue weighted by Crippen LogP contribution is 2.31. The van der Waals surface area contributed by atoms with Crippen molar-refractivity contribution in [2.75, 3.05) is 18.0 Å². The first-order chi connectivity index (χ1) is 9.76. The summed E-state index contributed by atoms with van der Waals surface area (Å²) >= 11 is 0. The lowest BCUT2D eigenvalue weighted by atomic mass is 9.85. The van der Waals surface area contributed by atoms with E-state index < -0.39 is 0 Å². The molecular formula is C18H28N2. The molecule has 0 radical (unpaired) electrons. The van der Waals surface area contributed by atoms with E-state index in [1.54, 1.807) is 0 Å². The van der Waals surface area contributed by atoms with Crippen molar-refractivity contribution in [1.82, 2.24) is 5.32 Å². The van der Waals surface area contributed by atoms with E-state index in [-0.39, 0.29) is 0 Å². The van der Waals surface area contributed by atoms with Gasteiger partial charge in [-0.2, -0.15) is 0 Å². The summed E-state index contributed by atoms with van der Waals surface area (Å²) in [4.78, 5) is 2.59. The molecule has 2 nitrogen and oxygen atoms in total. The van der Waals surface area contributed by atoms with Crippen molar-refractivity contribution in [3.63, 3.8) is 0 Å². The fraction of sp³-hybridized carbons (Fsp3) is 0.667. The minimum absolute atomic E-state index is 0.782. The topological polar surface area (TPSA) is 15.3 Å². The van der Waals surface area contributed by atoms with Crippen LogP contribution >= 0.6 is 0 Å². The quantitative estimate of drug-likeness (QED) is 0.810. The Morgan fingerprint density at radius 1 is 1.20 bits per heavy atom. The number of aryl methyl sites for hydroxylation is 1. The second kappa shape index (κ2) is 6.17. The van der Waals surface area contributed by atoms with Crippen molar-refractivity contribution in [2.24, 2.45) is 5.92 Å². The number of anilines is 1. The fourth-order valence-electron chi connectivity index (χ4n) is 3.09. The Labute approximate surface area is 123 Å². The summed E-state index contributed by atoms with van der Waals surface area (Å²) in [5, 5.41) is 3.67. The number of nitrogens with zero attached hydrogens (tertiary/aromatic N) is 1. The molecule has 2 saturated carbocycles. The third kappa shape index (κ3) is 3.35. The largest absolute Gasteiger partial charge is 0.371 e. The Kier molecular flexibility index (Phi) is 4.30. The van der Waals surface area contributed by atoms with Gasteiger partial charge in [0.2, 0.25) is 0 Å². The first-order valence-corrected chi connectivity index (χ1v) is 8.34. The zero-order chi connectivity index (χ0) is 13.9. The van der Waals surface area contributed by atoms with E-state index in [2.05, 4.69) is 42.3 Å². The lowest BCUT2D eigenvalue weighted by Gasteiger charge is -2.34. The second-order valence-electron chi connectivity index (χ2n) is 6.62. The van der Waals surface area contributed by atoms with E-state index >= 15 is 0 Å². The Balaban J connectivity index is 1.73. The minimum Gasteiger partial charge on any atom is -0.371 e. The molecule has 0 spiro atoms. The molecule has 110 valence electrons. The third-order valence-electron chi connectivity index (χ3n) is 4.82. The van der Waals surface area contributed by atoms with Crippen LogP contribution < -0.4 is 10.2 Å². The molecule has 0 amide bonds. The van der Waals surface area contributed by atoms with Crippen LogP contribution in [0.15, 0.2) is 18.2 Å². The van der Waals surface area contributed by atoms with Gasteiger partial charge in [0.05, 0.1) is 0 Å². The molecule has 0 atom stereocenters. The van der Waals surface area contributed by atoms with Crippen LogP contribution in [0.25, 0.3) is 0 Å². The highest BCUT2D eigenvalue weighted by molar-refractivity contribution is 5.55. The van der Waals surface area contributed by atoms with Crippen LogP contribution in [0.1, 0.15) is 50.2 Å². The van der Waals surface area contributed by atoms with E-state index in [1.807, 2.05) is 0 Å². The van der Waals surface area contributed by atoms with Crippen LogP contribution in [0.4, 0.5) is 5.69 Å². The van der Waals surface area contributed by atoms with Crippen LogP contribution in [0, 0.1) is 12.8 Å². The maximum Gasteiger partial charge on any atom is 0.0412 e.